The van der Waals surface area contributed by atoms with Crippen LogP contribution in [0.5, 0.6) is 0 Å². The molecule has 0 saturated heterocycles. The number of benzene rings is 1. The fourth-order valence-corrected chi connectivity index (χ4v) is 2.81. The van der Waals surface area contributed by atoms with Gasteiger partial charge in [0, 0.05) is 5.75 Å². The highest BCUT2D eigenvalue weighted by Gasteiger charge is 2.09. The van der Waals surface area contributed by atoms with Crippen molar-refractivity contribution in [2.45, 2.75) is 11.0 Å². The minimum atomic E-state index is 0.428. The number of thioether (sulfide) groups is 1. The second kappa shape index (κ2) is 5.41. The number of aromatic nitrogens is 2. The number of hydrogen-bond acceptors (Lipinski definition) is 4. The molecule has 0 fully saturated rings. The predicted octanol–water partition coefficient (Wildman–Crippen LogP) is 4.82. The molecule has 0 amide bonds. The minimum Gasteiger partial charge on any atom is -0.431 e. The molecule has 0 atom stereocenters. The van der Waals surface area contributed by atoms with E-state index in [0.717, 1.165) is 16.8 Å². The summed E-state index contributed by atoms with van der Waals surface area (Å²) in [6.07, 6.45) is 0. The summed E-state index contributed by atoms with van der Waals surface area (Å²) in [4.78, 5) is 8.56. The largest absolute Gasteiger partial charge is 0.431 e. The first-order chi connectivity index (χ1) is 9.22. The van der Waals surface area contributed by atoms with Crippen molar-refractivity contribution in [3.8, 4) is 0 Å². The molecule has 19 heavy (non-hydrogen) atoms. The van der Waals surface area contributed by atoms with Crippen LogP contribution < -0.4 is 0 Å². The third kappa shape index (κ3) is 2.86. The van der Waals surface area contributed by atoms with Gasteiger partial charge in [0.2, 0.25) is 0 Å². The summed E-state index contributed by atoms with van der Waals surface area (Å²) >= 11 is 13.3. The number of hydrogen-bond donors (Lipinski definition) is 0. The number of nitrogens with zero attached hydrogens (tertiary/aromatic N) is 2. The highest BCUT2D eigenvalue weighted by Crippen LogP contribution is 2.28. The molecule has 0 aliphatic heterocycles. The van der Waals surface area contributed by atoms with E-state index in [1.807, 2.05) is 24.3 Å². The molecule has 3 nitrogen and oxygen atoms in total. The first-order valence-corrected chi connectivity index (χ1v) is 7.26. The number of oxazole rings is 1. The van der Waals surface area contributed by atoms with E-state index in [9.17, 15) is 0 Å². The van der Waals surface area contributed by atoms with Crippen LogP contribution in [0.25, 0.3) is 11.1 Å². The minimum absolute atomic E-state index is 0.428. The van der Waals surface area contributed by atoms with E-state index in [1.165, 1.54) is 11.8 Å². The van der Waals surface area contributed by atoms with Crippen molar-refractivity contribution >= 4 is 46.1 Å². The van der Waals surface area contributed by atoms with Gasteiger partial charge in [-0.1, -0.05) is 47.1 Å². The first kappa shape index (κ1) is 12.8. The summed E-state index contributed by atoms with van der Waals surface area (Å²) in [5, 5.41) is 1.62. The zero-order valence-corrected chi connectivity index (χ0v) is 12.0. The van der Waals surface area contributed by atoms with Crippen molar-refractivity contribution in [3.05, 3.63) is 52.3 Å². The molecular formula is C13H8Cl2N2OS. The third-order valence-corrected chi connectivity index (χ3v) is 3.89. The Balaban J connectivity index is 1.80. The average Bonchev–Trinajstić information content (AvgIpc) is 2.82. The number of pyridine rings is 1. The van der Waals surface area contributed by atoms with Crippen LogP contribution in [0.4, 0.5) is 0 Å². The van der Waals surface area contributed by atoms with E-state index in [0.29, 0.717) is 21.2 Å². The monoisotopic (exact) mass is 310 g/mol. The van der Waals surface area contributed by atoms with Crippen LogP contribution in [0.15, 0.2) is 46.0 Å². The van der Waals surface area contributed by atoms with Gasteiger partial charge in [0.15, 0.2) is 5.58 Å². The Bertz CT molecular complexity index is 696. The lowest BCUT2D eigenvalue weighted by atomic mass is 10.3. The van der Waals surface area contributed by atoms with Gasteiger partial charge in [0.25, 0.3) is 5.22 Å². The Labute approximate surface area is 123 Å². The van der Waals surface area contributed by atoms with E-state index in [1.54, 1.807) is 12.1 Å². The fraction of sp³-hybridized carbons (Fsp3) is 0.0769. The summed E-state index contributed by atoms with van der Waals surface area (Å²) < 4.78 is 5.61. The molecule has 0 radical (unpaired) electrons. The van der Waals surface area contributed by atoms with E-state index in [4.69, 9.17) is 27.6 Å². The van der Waals surface area contributed by atoms with Gasteiger partial charge in [0.05, 0.1) is 10.7 Å². The standard InChI is InChI=1S/C13H8Cl2N2OS/c14-8-5-6-12(15)16-10(8)7-19-13-17-9-3-1-2-4-11(9)18-13/h1-6H,7H2. The Kier molecular flexibility index (Phi) is 3.64. The molecule has 0 aliphatic carbocycles. The molecular weight excluding hydrogens is 303 g/mol. The van der Waals surface area contributed by atoms with Gasteiger partial charge >= 0.3 is 0 Å². The zero-order chi connectivity index (χ0) is 13.2. The number of rotatable bonds is 3. The Morgan fingerprint density at radius 3 is 2.74 bits per heavy atom. The van der Waals surface area contributed by atoms with Crippen molar-refractivity contribution in [2.24, 2.45) is 0 Å². The van der Waals surface area contributed by atoms with Crippen LogP contribution in [0.3, 0.4) is 0 Å². The van der Waals surface area contributed by atoms with Crippen molar-refractivity contribution in [3.63, 3.8) is 0 Å². The van der Waals surface area contributed by atoms with Gasteiger partial charge < -0.3 is 4.42 Å². The van der Waals surface area contributed by atoms with Crippen molar-refractivity contribution in [1.82, 2.24) is 9.97 Å². The average molecular weight is 311 g/mol. The van der Waals surface area contributed by atoms with E-state index in [-0.39, 0.29) is 0 Å². The summed E-state index contributed by atoms with van der Waals surface area (Å²) in [6, 6.07) is 11.0. The molecule has 3 rings (SSSR count). The van der Waals surface area contributed by atoms with Crippen molar-refractivity contribution in [2.75, 3.05) is 0 Å². The summed E-state index contributed by atoms with van der Waals surface area (Å²) in [6.45, 7) is 0. The predicted molar refractivity (Wildman–Crippen MR) is 77.8 cm³/mol. The highest BCUT2D eigenvalue weighted by molar-refractivity contribution is 7.98. The van der Waals surface area contributed by atoms with Gasteiger partial charge in [-0.3, -0.25) is 0 Å². The maximum atomic E-state index is 6.06. The Hall–Kier alpha value is -1.23. The topological polar surface area (TPSA) is 38.9 Å². The quantitative estimate of drug-likeness (QED) is 0.513. The number of fused-ring (bicyclic) bond motifs is 1. The molecule has 0 N–H and O–H groups in total. The molecule has 96 valence electrons. The molecule has 2 aromatic heterocycles. The van der Waals surface area contributed by atoms with Crippen LogP contribution in [0.2, 0.25) is 10.2 Å². The lowest BCUT2D eigenvalue weighted by Gasteiger charge is -2.01. The van der Waals surface area contributed by atoms with Gasteiger partial charge in [0.1, 0.15) is 10.7 Å². The van der Waals surface area contributed by atoms with Crippen LogP contribution >= 0.6 is 35.0 Å². The summed E-state index contributed by atoms with van der Waals surface area (Å²) in [5.74, 6) is 0.562. The number of halogens is 2. The number of para-hydroxylation sites is 2. The van der Waals surface area contributed by atoms with Crippen LogP contribution in [-0.2, 0) is 5.75 Å². The van der Waals surface area contributed by atoms with E-state index in [2.05, 4.69) is 9.97 Å². The molecule has 6 heteroatoms. The molecule has 0 bridgehead atoms. The maximum Gasteiger partial charge on any atom is 0.257 e. The van der Waals surface area contributed by atoms with Gasteiger partial charge in [-0.15, -0.1) is 0 Å². The first-order valence-electron chi connectivity index (χ1n) is 5.52. The highest BCUT2D eigenvalue weighted by atomic mass is 35.5. The molecule has 1 aromatic carbocycles. The van der Waals surface area contributed by atoms with Gasteiger partial charge in [-0.2, -0.15) is 0 Å². The van der Waals surface area contributed by atoms with Crippen molar-refractivity contribution < 1.29 is 4.42 Å². The summed E-state index contributed by atoms with van der Waals surface area (Å²) in [5.41, 5.74) is 2.34. The zero-order valence-electron chi connectivity index (χ0n) is 9.64. The van der Waals surface area contributed by atoms with E-state index < -0.39 is 0 Å². The second-order valence-electron chi connectivity index (χ2n) is 3.80. The lowest BCUT2D eigenvalue weighted by molar-refractivity contribution is 0.489. The maximum absolute atomic E-state index is 6.06. The SMILES string of the molecule is Clc1ccc(Cl)c(CSc2nc3ccccc3o2)n1. The van der Waals surface area contributed by atoms with E-state index >= 15 is 0 Å². The van der Waals surface area contributed by atoms with Gasteiger partial charge in [-0.05, 0) is 24.3 Å². The molecule has 3 aromatic rings. The molecule has 0 saturated carbocycles. The van der Waals surface area contributed by atoms with Crippen LogP contribution in [0.1, 0.15) is 5.69 Å². The van der Waals surface area contributed by atoms with Crippen molar-refractivity contribution in [1.29, 1.82) is 0 Å². The molecule has 0 aliphatic rings. The lowest BCUT2D eigenvalue weighted by Crippen LogP contribution is -1.88. The fourth-order valence-electron chi connectivity index (χ4n) is 1.60. The smallest absolute Gasteiger partial charge is 0.257 e. The summed E-state index contributed by atoms with van der Waals surface area (Å²) in [7, 11) is 0. The molecule has 0 spiro atoms. The second-order valence-corrected chi connectivity index (χ2v) is 5.52. The Morgan fingerprint density at radius 1 is 1.05 bits per heavy atom. The third-order valence-electron chi connectivity index (χ3n) is 2.49. The Morgan fingerprint density at radius 2 is 1.89 bits per heavy atom. The molecule has 2 heterocycles. The van der Waals surface area contributed by atoms with Crippen LogP contribution in [0, 0.1) is 0 Å². The normalized spacial score (nSPS) is 11.1. The molecule has 0 unspecified atom stereocenters. The van der Waals surface area contributed by atoms with Gasteiger partial charge in [-0.25, -0.2) is 9.97 Å². The van der Waals surface area contributed by atoms with Crippen LogP contribution in [-0.4, -0.2) is 9.97 Å².